The number of thiophene rings is 1. The van der Waals surface area contributed by atoms with Gasteiger partial charge in [-0.1, -0.05) is 17.7 Å². The Morgan fingerprint density at radius 2 is 1.93 bits per heavy atom. The number of ether oxygens (including phenoxy) is 1. The highest BCUT2D eigenvalue weighted by molar-refractivity contribution is 7.89. The van der Waals surface area contributed by atoms with Crippen molar-refractivity contribution in [3.05, 3.63) is 51.7 Å². The average Bonchev–Trinajstić information content (AvgIpc) is 3.24. The normalized spacial score (nSPS) is 16.4. The van der Waals surface area contributed by atoms with Crippen LogP contribution in [0.5, 0.6) is 0 Å². The number of morpholine rings is 1. The van der Waals surface area contributed by atoms with Crippen molar-refractivity contribution in [2.75, 3.05) is 39.4 Å². The summed E-state index contributed by atoms with van der Waals surface area (Å²) in [5.41, 5.74) is 0. The van der Waals surface area contributed by atoms with Crippen molar-refractivity contribution in [1.82, 2.24) is 14.9 Å². The average molecular weight is 458 g/mol. The minimum Gasteiger partial charge on any atom is -0.379 e. The largest absolute Gasteiger partial charge is 0.379 e. The Morgan fingerprint density at radius 1 is 1.21 bits per heavy atom. The van der Waals surface area contributed by atoms with Crippen molar-refractivity contribution in [3.63, 3.8) is 0 Å². The number of nitrogens with one attached hydrogen (secondary N) is 2. The number of carbonyl (C=O) groups is 1. The molecule has 7 nitrogen and oxygen atoms in total. The minimum atomic E-state index is -3.67. The Balaban J connectivity index is 1.48. The topological polar surface area (TPSA) is 87.7 Å². The Kier molecular flexibility index (Phi) is 8.05. The van der Waals surface area contributed by atoms with Crippen molar-refractivity contribution in [2.45, 2.75) is 17.4 Å². The first-order valence-electron chi connectivity index (χ1n) is 9.33. The Hall–Kier alpha value is -1.49. The van der Waals surface area contributed by atoms with Gasteiger partial charge in [-0.3, -0.25) is 9.69 Å². The molecule has 0 saturated carbocycles. The molecule has 3 rings (SSSR count). The molecule has 1 aromatic heterocycles. The van der Waals surface area contributed by atoms with Crippen LogP contribution in [-0.4, -0.2) is 58.6 Å². The van der Waals surface area contributed by atoms with Crippen LogP contribution in [0, 0.1) is 0 Å². The summed E-state index contributed by atoms with van der Waals surface area (Å²) in [6.07, 6.45) is 0.0626. The van der Waals surface area contributed by atoms with E-state index in [4.69, 9.17) is 16.3 Å². The molecule has 10 heteroatoms. The number of sulfonamides is 1. The Labute approximate surface area is 180 Å². The third-order valence-corrected chi connectivity index (χ3v) is 7.32. The summed E-state index contributed by atoms with van der Waals surface area (Å²) < 4.78 is 32.4. The van der Waals surface area contributed by atoms with Gasteiger partial charge in [0.05, 0.1) is 24.2 Å². The van der Waals surface area contributed by atoms with E-state index in [0.717, 1.165) is 13.1 Å². The summed E-state index contributed by atoms with van der Waals surface area (Å²) >= 11 is 7.44. The maximum atomic E-state index is 12.3. The molecule has 1 saturated heterocycles. The summed E-state index contributed by atoms with van der Waals surface area (Å²) in [7, 11) is -3.67. The third kappa shape index (κ3) is 6.50. The fourth-order valence-electron chi connectivity index (χ4n) is 3.07. The zero-order valence-electron chi connectivity index (χ0n) is 15.8. The second kappa shape index (κ2) is 10.5. The van der Waals surface area contributed by atoms with Crippen LogP contribution in [0.25, 0.3) is 0 Å². The van der Waals surface area contributed by atoms with E-state index in [9.17, 15) is 13.2 Å². The summed E-state index contributed by atoms with van der Waals surface area (Å²) in [6, 6.07) is 10.0. The molecule has 158 valence electrons. The van der Waals surface area contributed by atoms with E-state index in [1.54, 1.807) is 11.3 Å². The lowest BCUT2D eigenvalue weighted by molar-refractivity contribution is -0.121. The highest BCUT2D eigenvalue weighted by Crippen LogP contribution is 2.25. The van der Waals surface area contributed by atoms with Crippen LogP contribution in [0.4, 0.5) is 0 Å². The lowest BCUT2D eigenvalue weighted by atomic mass is 10.2. The first-order valence-corrected chi connectivity index (χ1v) is 12.1. The second-order valence-electron chi connectivity index (χ2n) is 6.59. The van der Waals surface area contributed by atoms with Gasteiger partial charge in [-0.15, -0.1) is 11.3 Å². The van der Waals surface area contributed by atoms with Gasteiger partial charge >= 0.3 is 0 Å². The third-order valence-electron chi connectivity index (χ3n) is 4.62. The van der Waals surface area contributed by atoms with Crippen LogP contribution in [0.15, 0.2) is 46.7 Å². The van der Waals surface area contributed by atoms with Gasteiger partial charge in [0.2, 0.25) is 15.9 Å². The lowest BCUT2D eigenvalue weighted by Gasteiger charge is -2.34. The number of amides is 1. The second-order valence-corrected chi connectivity index (χ2v) is 9.77. The van der Waals surface area contributed by atoms with E-state index >= 15 is 0 Å². The fraction of sp³-hybridized carbons (Fsp3) is 0.421. The van der Waals surface area contributed by atoms with Gasteiger partial charge in [0.1, 0.15) is 0 Å². The van der Waals surface area contributed by atoms with Crippen LogP contribution in [0.1, 0.15) is 17.3 Å². The van der Waals surface area contributed by atoms with Crippen LogP contribution in [-0.2, 0) is 19.6 Å². The van der Waals surface area contributed by atoms with Crippen molar-refractivity contribution >= 4 is 38.9 Å². The van der Waals surface area contributed by atoms with E-state index in [0.29, 0.717) is 24.8 Å². The van der Waals surface area contributed by atoms with E-state index in [2.05, 4.69) is 21.0 Å². The summed E-state index contributed by atoms with van der Waals surface area (Å²) in [6.45, 7) is 3.50. The first kappa shape index (κ1) is 22.2. The predicted molar refractivity (Wildman–Crippen MR) is 114 cm³/mol. The molecule has 0 unspecified atom stereocenters. The zero-order chi connectivity index (χ0) is 20.7. The monoisotopic (exact) mass is 457 g/mol. The van der Waals surface area contributed by atoms with Crippen molar-refractivity contribution in [3.8, 4) is 0 Å². The first-order chi connectivity index (χ1) is 14.0. The maximum absolute atomic E-state index is 12.3. The highest BCUT2D eigenvalue weighted by Gasteiger charge is 2.24. The molecule has 1 aliphatic rings. The van der Waals surface area contributed by atoms with Crippen molar-refractivity contribution in [1.29, 1.82) is 0 Å². The van der Waals surface area contributed by atoms with Crippen molar-refractivity contribution in [2.24, 2.45) is 0 Å². The van der Waals surface area contributed by atoms with Crippen LogP contribution >= 0.6 is 22.9 Å². The summed E-state index contributed by atoms with van der Waals surface area (Å²) in [5, 5.41) is 5.42. The number of carbonyl (C=O) groups excluding carboxylic acids is 1. The quantitative estimate of drug-likeness (QED) is 0.603. The zero-order valence-corrected chi connectivity index (χ0v) is 18.2. The van der Waals surface area contributed by atoms with Gasteiger partial charge in [0.15, 0.2) is 0 Å². The van der Waals surface area contributed by atoms with E-state index in [-0.39, 0.29) is 29.8 Å². The summed E-state index contributed by atoms with van der Waals surface area (Å²) in [4.78, 5) is 15.9. The molecular weight excluding hydrogens is 434 g/mol. The van der Waals surface area contributed by atoms with Gasteiger partial charge < -0.3 is 10.1 Å². The molecular formula is C19H24ClN3O4S2. The SMILES string of the molecule is O=C(CCNS(=O)(=O)c1ccc(Cl)cc1)NC[C@H](c1cccs1)N1CCOCC1. The van der Waals surface area contributed by atoms with E-state index in [1.807, 2.05) is 11.4 Å². The summed E-state index contributed by atoms with van der Waals surface area (Å²) in [5.74, 6) is -0.196. The van der Waals surface area contributed by atoms with E-state index in [1.165, 1.54) is 29.1 Å². The van der Waals surface area contributed by atoms with Gasteiger partial charge in [-0.05, 0) is 35.7 Å². The Morgan fingerprint density at radius 3 is 2.59 bits per heavy atom. The van der Waals surface area contributed by atoms with Crippen LogP contribution in [0.3, 0.4) is 0 Å². The molecule has 1 atom stereocenters. The fourth-order valence-corrected chi connectivity index (χ4v) is 5.09. The molecule has 1 amide bonds. The van der Waals surface area contributed by atoms with Crippen LogP contribution < -0.4 is 10.0 Å². The number of halogens is 1. The molecule has 1 fully saturated rings. The number of nitrogens with zero attached hydrogens (tertiary/aromatic N) is 1. The molecule has 29 heavy (non-hydrogen) atoms. The smallest absolute Gasteiger partial charge is 0.240 e. The predicted octanol–water partition coefficient (Wildman–Crippen LogP) is 2.26. The minimum absolute atomic E-state index is 0.0258. The molecule has 0 radical (unpaired) electrons. The molecule has 1 aromatic carbocycles. The highest BCUT2D eigenvalue weighted by atomic mass is 35.5. The van der Waals surface area contributed by atoms with Gasteiger partial charge in [-0.2, -0.15) is 0 Å². The molecule has 1 aliphatic heterocycles. The molecule has 2 N–H and O–H groups in total. The Bertz CT molecular complexity index is 883. The standard InChI is InChI=1S/C19H24ClN3O4S2/c20-15-3-5-16(6-4-15)29(25,26)22-8-7-19(24)21-14-17(18-2-1-13-28-18)23-9-11-27-12-10-23/h1-6,13,17,22H,7-12,14H2,(H,21,24)/t17-/m1/s1. The lowest BCUT2D eigenvalue weighted by Crippen LogP contribution is -2.43. The van der Waals surface area contributed by atoms with Gasteiger partial charge in [0.25, 0.3) is 0 Å². The van der Waals surface area contributed by atoms with Gasteiger partial charge in [-0.25, -0.2) is 13.1 Å². The molecule has 2 aromatic rings. The number of hydrogen-bond acceptors (Lipinski definition) is 6. The molecule has 0 bridgehead atoms. The number of rotatable bonds is 9. The number of hydrogen-bond donors (Lipinski definition) is 2. The molecule has 2 heterocycles. The molecule has 0 aliphatic carbocycles. The van der Waals surface area contributed by atoms with Crippen molar-refractivity contribution < 1.29 is 17.9 Å². The maximum Gasteiger partial charge on any atom is 0.240 e. The van der Waals surface area contributed by atoms with Gasteiger partial charge in [0, 0.05) is 42.5 Å². The number of benzene rings is 1. The van der Waals surface area contributed by atoms with Crippen LogP contribution in [0.2, 0.25) is 5.02 Å². The van der Waals surface area contributed by atoms with E-state index < -0.39 is 10.0 Å². The molecule has 0 spiro atoms.